The standard InChI is InChI=1S/C5H11NOS.2C4H9NOS.C3H8.3C2H6/c1-2-6-5(3-7)4-8;2*1-5-4(2-6)3-7;1-3-2;3*1-2/h3,5-6,8H,2,4H2,1H3;2*2,4-5,7H,3H2,1H3;3H2,1-2H3;3*1-2H3/t5-;2*4-;;;;/m111..../s1. The van der Waals surface area contributed by atoms with E-state index < -0.39 is 0 Å². The highest BCUT2D eigenvalue weighted by Crippen LogP contribution is 1.80. The molecule has 6 nitrogen and oxygen atoms in total. The van der Waals surface area contributed by atoms with Crippen molar-refractivity contribution >= 4 is 56.7 Å². The summed E-state index contributed by atoms with van der Waals surface area (Å²) in [7, 11) is 3.46. The second kappa shape index (κ2) is 63.1. The molecule has 194 valence electrons. The molecule has 0 unspecified atom stereocenters. The molecular formula is C22H55N3O3S3. The average Bonchev–Trinajstić information content (AvgIpc) is 2.85. The maximum absolute atomic E-state index is 10.0. The predicted molar refractivity (Wildman–Crippen MR) is 153 cm³/mol. The van der Waals surface area contributed by atoms with E-state index in [0.29, 0.717) is 17.3 Å². The molecule has 0 bridgehead atoms. The second-order valence-corrected chi connectivity index (χ2v) is 5.71. The topological polar surface area (TPSA) is 87.3 Å². The highest BCUT2D eigenvalue weighted by Gasteiger charge is 1.98. The zero-order chi connectivity index (χ0) is 26.5. The Morgan fingerprint density at radius 2 is 0.839 bits per heavy atom. The highest BCUT2D eigenvalue weighted by atomic mass is 32.1. The van der Waals surface area contributed by atoms with Gasteiger partial charge in [-0.25, -0.2) is 0 Å². The maximum atomic E-state index is 10.0. The summed E-state index contributed by atoms with van der Waals surface area (Å²) in [6, 6.07) is -0.227. The summed E-state index contributed by atoms with van der Waals surface area (Å²) in [4.78, 5) is 29.7. The molecule has 0 aliphatic heterocycles. The molecule has 0 rings (SSSR count). The molecule has 9 heteroatoms. The monoisotopic (exact) mass is 505 g/mol. The van der Waals surface area contributed by atoms with E-state index in [1.807, 2.05) is 48.5 Å². The van der Waals surface area contributed by atoms with Crippen LogP contribution in [0.15, 0.2) is 0 Å². The summed E-state index contributed by atoms with van der Waals surface area (Å²) in [6.45, 7) is 19.0. The lowest BCUT2D eigenvalue weighted by atomic mass is 10.4. The van der Waals surface area contributed by atoms with Gasteiger partial charge in [-0.15, -0.1) is 0 Å². The van der Waals surface area contributed by atoms with Gasteiger partial charge in [0.05, 0.1) is 18.1 Å². The van der Waals surface area contributed by atoms with Crippen molar-refractivity contribution in [3.8, 4) is 0 Å². The Morgan fingerprint density at radius 3 is 0.871 bits per heavy atom. The van der Waals surface area contributed by atoms with Crippen LogP contribution in [0.5, 0.6) is 0 Å². The Balaban J connectivity index is -0.0000000470. The van der Waals surface area contributed by atoms with Gasteiger partial charge in [0.25, 0.3) is 0 Å². The fraction of sp³-hybridized carbons (Fsp3) is 0.864. The minimum absolute atomic E-state index is 0.0664. The number of hydrogen-bond donors (Lipinski definition) is 6. The van der Waals surface area contributed by atoms with Crippen LogP contribution in [0.4, 0.5) is 0 Å². The molecule has 3 atom stereocenters. The van der Waals surface area contributed by atoms with E-state index in [-0.39, 0.29) is 18.1 Å². The molecule has 0 aromatic rings. The van der Waals surface area contributed by atoms with Crippen molar-refractivity contribution in [3.05, 3.63) is 0 Å². The van der Waals surface area contributed by atoms with E-state index in [0.717, 1.165) is 25.4 Å². The Labute approximate surface area is 211 Å². The number of thiol groups is 3. The largest absolute Gasteiger partial charge is 0.310 e. The fourth-order valence-corrected chi connectivity index (χ4v) is 1.58. The van der Waals surface area contributed by atoms with Crippen LogP contribution in [0.25, 0.3) is 0 Å². The molecule has 0 spiro atoms. The average molecular weight is 506 g/mol. The van der Waals surface area contributed by atoms with E-state index in [1.54, 1.807) is 14.1 Å². The van der Waals surface area contributed by atoms with Crippen molar-refractivity contribution < 1.29 is 14.4 Å². The van der Waals surface area contributed by atoms with Gasteiger partial charge in [-0.1, -0.05) is 68.7 Å². The van der Waals surface area contributed by atoms with Crippen molar-refractivity contribution in [2.45, 2.75) is 86.9 Å². The molecule has 0 saturated carbocycles. The van der Waals surface area contributed by atoms with E-state index in [2.05, 4.69) is 67.7 Å². The number of rotatable bonds is 10. The first-order valence-electron chi connectivity index (χ1n) is 11.2. The molecule has 0 saturated heterocycles. The fourth-order valence-electron chi connectivity index (χ4n) is 0.823. The van der Waals surface area contributed by atoms with Gasteiger partial charge in [0.15, 0.2) is 0 Å². The van der Waals surface area contributed by atoms with Crippen LogP contribution in [-0.4, -0.2) is 74.9 Å². The molecular weight excluding hydrogens is 450 g/mol. The maximum Gasteiger partial charge on any atom is 0.137 e. The lowest BCUT2D eigenvalue weighted by Gasteiger charge is -2.04. The van der Waals surface area contributed by atoms with Gasteiger partial charge in [0.2, 0.25) is 0 Å². The number of likely N-dealkylation sites (N-methyl/N-ethyl adjacent to an activating group) is 3. The van der Waals surface area contributed by atoms with Crippen LogP contribution >= 0.6 is 37.9 Å². The quantitative estimate of drug-likeness (QED) is 0.199. The summed E-state index contributed by atoms with van der Waals surface area (Å²) in [6.07, 6.45) is 3.80. The van der Waals surface area contributed by atoms with E-state index in [4.69, 9.17) is 0 Å². The van der Waals surface area contributed by atoms with Crippen LogP contribution < -0.4 is 16.0 Å². The first kappa shape index (κ1) is 48.4. The lowest BCUT2D eigenvalue weighted by molar-refractivity contribution is -0.109. The van der Waals surface area contributed by atoms with E-state index in [9.17, 15) is 14.4 Å². The van der Waals surface area contributed by atoms with Crippen LogP contribution in [-0.2, 0) is 14.4 Å². The summed E-state index contributed by atoms with van der Waals surface area (Å²) in [5.41, 5.74) is 0. The summed E-state index contributed by atoms with van der Waals surface area (Å²) < 4.78 is 0. The number of hydrogen-bond acceptors (Lipinski definition) is 9. The minimum atomic E-state index is -0.0802. The number of aldehydes is 3. The normalized spacial score (nSPS) is 10.6. The molecule has 0 radical (unpaired) electrons. The van der Waals surface area contributed by atoms with Crippen molar-refractivity contribution in [3.63, 3.8) is 0 Å². The van der Waals surface area contributed by atoms with Gasteiger partial charge in [-0.2, -0.15) is 37.9 Å². The van der Waals surface area contributed by atoms with Gasteiger partial charge < -0.3 is 30.3 Å². The lowest BCUT2D eigenvalue weighted by Crippen LogP contribution is -2.31. The predicted octanol–water partition coefficient (Wildman–Crippen LogP) is 3.99. The molecule has 0 amide bonds. The second-order valence-electron chi connectivity index (χ2n) is 4.62. The number of carbonyl (C=O) groups excluding carboxylic acids is 3. The summed E-state index contributed by atoms with van der Waals surface area (Å²) in [5.74, 6) is 1.72. The van der Waals surface area contributed by atoms with Crippen LogP contribution in [0, 0.1) is 0 Å². The van der Waals surface area contributed by atoms with Gasteiger partial charge >= 0.3 is 0 Å². The van der Waals surface area contributed by atoms with Crippen LogP contribution in [0.3, 0.4) is 0 Å². The van der Waals surface area contributed by atoms with Crippen molar-refractivity contribution in [1.29, 1.82) is 0 Å². The highest BCUT2D eigenvalue weighted by molar-refractivity contribution is 7.80. The molecule has 31 heavy (non-hydrogen) atoms. The first-order chi connectivity index (χ1) is 15.0. The number of nitrogens with one attached hydrogen (secondary N) is 3. The van der Waals surface area contributed by atoms with Crippen LogP contribution in [0.1, 0.15) is 68.7 Å². The van der Waals surface area contributed by atoms with Gasteiger partial charge in [0.1, 0.15) is 18.9 Å². The summed E-state index contributed by atoms with van der Waals surface area (Å²) >= 11 is 11.7. The SMILES string of the molecule is CC.CC.CC.CCC.CCN[C@H](C=O)CS.CN[C@H](C=O)CS.CN[C@H](C=O)CS. The zero-order valence-electron chi connectivity index (χ0n) is 22.1. The Hall–Kier alpha value is -0.0600. The van der Waals surface area contributed by atoms with Gasteiger partial charge in [0, 0.05) is 17.3 Å². The minimum Gasteiger partial charge on any atom is -0.310 e. The van der Waals surface area contributed by atoms with Crippen molar-refractivity contribution in [2.75, 3.05) is 37.9 Å². The van der Waals surface area contributed by atoms with Crippen molar-refractivity contribution in [2.24, 2.45) is 0 Å². The van der Waals surface area contributed by atoms with Crippen LogP contribution in [0.2, 0.25) is 0 Å². The molecule has 0 aromatic heterocycles. The Kier molecular flexibility index (Phi) is 98.4. The molecule has 0 aliphatic rings. The van der Waals surface area contributed by atoms with E-state index >= 15 is 0 Å². The Morgan fingerprint density at radius 1 is 0.613 bits per heavy atom. The third kappa shape index (κ3) is 65.2. The van der Waals surface area contributed by atoms with Gasteiger partial charge in [-0.05, 0) is 20.6 Å². The van der Waals surface area contributed by atoms with E-state index in [1.165, 1.54) is 6.42 Å². The zero-order valence-corrected chi connectivity index (χ0v) is 24.7. The molecule has 0 fully saturated rings. The summed E-state index contributed by atoms with van der Waals surface area (Å²) in [5, 5.41) is 8.45. The number of carbonyl (C=O) groups is 3. The molecule has 0 aliphatic carbocycles. The first-order valence-corrected chi connectivity index (χ1v) is 13.1. The third-order valence-corrected chi connectivity index (χ3v) is 3.47. The molecule has 0 aromatic carbocycles. The third-order valence-electron chi connectivity index (χ3n) is 2.29. The van der Waals surface area contributed by atoms with Gasteiger partial charge in [-0.3, -0.25) is 0 Å². The Bertz CT molecular complexity index is 256. The van der Waals surface area contributed by atoms with Crippen molar-refractivity contribution in [1.82, 2.24) is 16.0 Å². The molecule has 3 N–H and O–H groups in total. The molecule has 0 heterocycles. The smallest absolute Gasteiger partial charge is 0.137 e.